The molecule has 1 aliphatic rings. The standard InChI is InChI=1S/C22H22N2O3S/c1-3-27-19-9-4-15-10-11-24(13-17(15)12-19)22(25)20-14-28-21(23-20)16-5-7-18(26-2)8-6-16/h4-9,12,14H,3,10-11,13H2,1-2H3. The first-order valence-corrected chi connectivity index (χ1v) is 10.2. The van der Waals surface area contributed by atoms with Crippen molar-refractivity contribution in [2.75, 3.05) is 20.3 Å². The van der Waals surface area contributed by atoms with E-state index in [2.05, 4.69) is 11.1 Å². The van der Waals surface area contributed by atoms with Gasteiger partial charge in [0.2, 0.25) is 0 Å². The zero-order valence-corrected chi connectivity index (χ0v) is 16.8. The van der Waals surface area contributed by atoms with E-state index in [4.69, 9.17) is 9.47 Å². The van der Waals surface area contributed by atoms with E-state index in [9.17, 15) is 4.79 Å². The number of thiazole rings is 1. The van der Waals surface area contributed by atoms with Gasteiger partial charge in [-0.2, -0.15) is 0 Å². The minimum absolute atomic E-state index is 0.0246. The summed E-state index contributed by atoms with van der Waals surface area (Å²) in [6.07, 6.45) is 0.850. The number of ether oxygens (including phenoxy) is 2. The number of aromatic nitrogens is 1. The van der Waals surface area contributed by atoms with Crippen LogP contribution in [0.3, 0.4) is 0 Å². The van der Waals surface area contributed by atoms with Crippen molar-refractivity contribution < 1.29 is 14.3 Å². The van der Waals surface area contributed by atoms with Crippen LogP contribution in [-0.2, 0) is 13.0 Å². The molecule has 0 bridgehead atoms. The van der Waals surface area contributed by atoms with Gasteiger partial charge in [-0.1, -0.05) is 6.07 Å². The van der Waals surface area contributed by atoms with E-state index in [-0.39, 0.29) is 5.91 Å². The predicted molar refractivity (Wildman–Crippen MR) is 110 cm³/mol. The first-order chi connectivity index (χ1) is 13.7. The molecule has 2 heterocycles. The van der Waals surface area contributed by atoms with E-state index in [0.717, 1.165) is 34.1 Å². The lowest BCUT2D eigenvalue weighted by molar-refractivity contribution is 0.0729. The molecule has 1 aromatic heterocycles. The second-order valence-corrected chi connectivity index (χ2v) is 7.46. The van der Waals surface area contributed by atoms with E-state index in [0.29, 0.717) is 25.4 Å². The van der Waals surface area contributed by atoms with Gasteiger partial charge in [-0.05, 0) is 60.9 Å². The Morgan fingerprint density at radius 1 is 1.14 bits per heavy atom. The van der Waals surface area contributed by atoms with Crippen molar-refractivity contribution in [1.82, 2.24) is 9.88 Å². The van der Waals surface area contributed by atoms with Crippen LogP contribution in [0.15, 0.2) is 47.8 Å². The summed E-state index contributed by atoms with van der Waals surface area (Å²) in [5.74, 6) is 1.63. The Morgan fingerprint density at radius 3 is 2.68 bits per heavy atom. The summed E-state index contributed by atoms with van der Waals surface area (Å²) in [5.41, 5.74) is 3.91. The zero-order valence-electron chi connectivity index (χ0n) is 16.0. The molecule has 0 aliphatic carbocycles. The molecule has 1 aliphatic heterocycles. The maximum Gasteiger partial charge on any atom is 0.273 e. The maximum atomic E-state index is 13.0. The molecule has 1 amide bonds. The first kappa shape index (κ1) is 18.5. The lowest BCUT2D eigenvalue weighted by atomic mass is 9.99. The topological polar surface area (TPSA) is 51.7 Å². The van der Waals surface area contributed by atoms with Crippen molar-refractivity contribution in [2.45, 2.75) is 19.9 Å². The van der Waals surface area contributed by atoms with Crippen LogP contribution < -0.4 is 9.47 Å². The van der Waals surface area contributed by atoms with Crippen molar-refractivity contribution in [3.63, 3.8) is 0 Å². The van der Waals surface area contributed by atoms with Crippen molar-refractivity contribution >= 4 is 17.2 Å². The van der Waals surface area contributed by atoms with Crippen LogP contribution in [-0.4, -0.2) is 36.1 Å². The fraction of sp³-hybridized carbons (Fsp3) is 0.273. The van der Waals surface area contributed by atoms with Crippen molar-refractivity contribution in [1.29, 1.82) is 0 Å². The number of hydrogen-bond acceptors (Lipinski definition) is 5. The average Bonchev–Trinajstić information content (AvgIpc) is 3.23. The quantitative estimate of drug-likeness (QED) is 0.643. The van der Waals surface area contributed by atoms with Gasteiger partial charge in [0, 0.05) is 24.0 Å². The second-order valence-electron chi connectivity index (χ2n) is 6.61. The Kier molecular flexibility index (Phi) is 5.30. The summed E-state index contributed by atoms with van der Waals surface area (Å²) in [5, 5.41) is 2.68. The molecule has 144 valence electrons. The van der Waals surface area contributed by atoms with Gasteiger partial charge in [-0.3, -0.25) is 4.79 Å². The molecule has 5 nitrogen and oxygen atoms in total. The smallest absolute Gasteiger partial charge is 0.273 e. The third-order valence-corrected chi connectivity index (χ3v) is 5.74. The number of amides is 1. The molecule has 4 rings (SSSR count). The summed E-state index contributed by atoms with van der Waals surface area (Å²) in [7, 11) is 1.64. The van der Waals surface area contributed by atoms with E-state index in [1.165, 1.54) is 16.9 Å². The molecular formula is C22H22N2O3S. The van der Waals surface area contributed by atoms with Crippen LogP contribution in [0.25, 0.3) is 10.6 Å². The molecule has 0 spiro atoms. The highest BCUT2D eigenvalue weighted by Gasteiger charge is 2.24. The Bertz CT molecular complexity index is 982. The van der Waals surface area contributed by atoms with Gasteiger partial charge in [-0.15, -0.1) is 11.3 Å². The molecule has 0 saturated carbocycles. The summed E-state index contributed by atoms with van der Waals surface area (Å²) < 4.78 is 10.8. The number of nitrogens with zero attached hydrogens (tertiary/aromatic N) is 2. The summed E-state index contributed by atoms with van der Waals surface area (Å²) in [6, 6.07) is 13.9. The number of hydrogen-bond donors (Lipinski definition) is 0. The average molecular weight is 394 g/mol. The van der Waals surface area contributed by atoms with Crippen molar-refractivity contribution in [2.24, 2.45) is 0 Å². The van der Waals surface area contributed by atoms with Gasteiger partial charge in [0.1, 0.15) is 22.2 Å². The SMILES string of the molecule is CCOc1ccc2c(c1)CN(C(=O)c1csc(-c3ccc(OC)cc3)n1)CC2. The van der Waals surface area contributed by atoms with Gasteiger partial charge >= 0.3 is 0 Å². The molecular weight excluding hydrogens is 372 g/mol. The fourth-order valence-electron chi connectivity index (χ4n) is 3.36. The van der Waals surface area contributed by atoms with E-state index >= 15 is 0 Å². The van der Waals surface area contributed by atoms with E-state index in [1.54, 1.807) is 7.11 Å². The monoisotopic (exact) mass is 394 g/mol. The summed E-state index contributed by atoms with van der Waals surface area (Å²) in [6.45, 7) is 3.89. The molecule has 0 unspecified atom stereocenters. The number of benzene rings is 2. The Balaban J connectivity index is 1.50. The van der Waals surface area contributed by atoms with Crippen LogP contribution in [0.5, 0.6) is 11.5 Å². The molecule has 2 aromatic carbocycles. The van der Waals surface area contributed by atoms with Crippen LogP contribution in [0, 0.1) is 0 Å². The third kappa shape index (κ3) is 3.73. The Labute approximate surface area is 168 Å². The minimum Gasteiger partial charge on any atom is -0.497 e. The molecule has 0 saturated heterocycles. The van der Waals surface area contributed by atoms with Gasteiger partial charge in [0.05, 0.1) is 13.7 Å². The van der Waals surface area contributed by atoms with Crippen LogP contribution >= 0.6 is 11.3 Å². The number of rotatable bonds is 5. The minimum atomic E-state index is -0.0246. The lowest BCUT2D eigenvalue weighted by Crippen LogP contribution is -2.36. The van der Waals surface area contributed by atoms with Gasteiger partial charge < -0.3 is 14.4 Å². The highest BCUT2D eigenvalue weighted by Crippen LogP contribution is 2.28. The number of methoxy groups -OCH3 is 1. The Hall–Kier alpha value is -2.86. The second kappa shape index (κ2) is 8.02. The fourth-order valence-corrected chi connectivity index (χ4v) is 4.16. The molecule has 28 heavy (non-hydrogen) atoms. The summed E-state index contributed by atoms with van der Waals surface area (Å²) in [4.78, 5) is 19.4. The normalized spacial score (nSPS) is 13.1. The first-order valence-electron chi connectivity index (χ1n) is 9.31. The van der Waals surface area contributed by atoms with E-state index < -0.39 is 0 Å². The van der Waals surface area contributed by atoms with Crippen LogP contribution in [0.1, 0.15) is 28.5 Å². The summed E-state index contributed by atoms with van der Waals surface area (Å²) >= 11 is 1.48. The Morgan fingerprint density at radius 2 is 1.93 bits per heavy atom. The highest BCUT2D eigenvalue weighted by atomic mass is 32.1. The van der Waals surface area contributed by atoms with Crippen LogP contribution in [0.2, 0.25) is 0 Å². The van der Waals surface area contributed by atoms with Gasteiger partial charge in [0.25, 0.3) is 5.91 Å². The number of carbonyl (C=O) groups excluding carboxylic acids is 1. The van der Waals surface area contributed by atoms with Crippen molar-refractivity contribution in [3.05, 3.63) is 64.7 Å². The van der Waals surface area contributed by atoms with Crippen LogP contribution in [0.4, 0.5) is 0 Å². The zero-order chi connectivity index (χ0) is 19.5. The molecule has 6 heteroatoms. The van der Waals surface area contributed by atoms with Crippen molar-refractivity contribution in [3.8, 4) is 22.1 Å². The third-order valence-electron chi connectivity index (χ3n) is 4.85. The molecule has 0 radical (unpaired) electrons. The lowest BCUT2D eigenvalue weighted by Gasteiger charge is -2.28. The molecule has 3 aromatic rings. The van der Waals surface area contributed by atoms with E-state index in [1.807, 2.05) is 53.6 Å². The molecule has 0 N–H and O–H groups in total. The largest absolute Gasteiger partial charge is 0.497 e. The van der Waals surface area contributed by atoms with Gasteiger partial charge in [-0.25, -0.2) is 4.98 Å². The number of fused-ring (bicyclic) bond motifs is 1. The predicted octanol–water partition coefficient (Wildman–Crippen LogP) is 4.42. The molecule has 0 fully saturated rings. The maximum absolute atomic E-state index is 13.0. The number of carbonyl (C=O) groups is 1. The molecule has 0 atom stereocenters. The van der Waals surface area contributed by atoms with Gasteiger partial charge in [0.15, 0.2) is 0 Å². The highest BCUT2D eigenvalue weighted by molar-refractivity contribution is 7.13.